The minimum atomic E-state index is -1.22. The fourth-order valence-corrected chi connectivity index (χ4v) is 9.17. The Hall–Kier alpha value is -8.39. The maximum Gasteiger partial charge on any atom is 0.306 e. The van der Waals surface area contributed by atoms with Crippen molar-refractivity contribution in [1.29, 1.82) is 0 Å². The highest BCUT2D eigenvalue weighted by molar-refractivity contribution is 5.95. The zero-order valence-electron chi connectivity index (χ0n) is 51.5. The Morgan fingerprint density at radius 1 is 0.416 bits per heavy atom. The monoisotopic (exact) mass is 1220 g/mol. The van der Waals surface area contributed by atoms with Crippen molar-refractivity contribution in [3.63, 3.8) is 0 Å². The number of nitrogens with two attached hydrogens (primary N) is 1. The second-order valence-electron chi connectivity index (χ2n) is 21.3. The first-order valence-corrected chi connectivity index (χ1v) is 30.2. The van der Waals surface area contributed by atoms with Crippen LogP contribution in [-0.2, 0) is 101 Å². The van der Waals surface area contributed by atoms with E-state index in [1.54, 1.807) is 50.6 Å². The van der Waals surface area contributed by atoms with Crippen LogP contribution in [0, 0.1) is 11.8 Å². The quantitative estimate of drug-likeness (QED) is 0.0239. The molecule has 6 rings (SSSR count). The molecule has 0 heterocycles. The molecule has 0 aliphatic rings. The summed E-state index contributed by atoms with van der Waals surface area (Å²) in [5.74, 6) is -4.45. The van der Waals surface area contributed by atoms with Crippen LogP contribution in [0.25, 0.3) is 0 Å². The van der Waals surface area contributed by atoms with Crippen molar-refractivity contribution >= 4 is 41.1 Å². The first kappa shape index (κ1) is 71.4. The Bertz CT molecular complexity index is 2980. The van der Waals surface area contributed by atoms with Gasteiger partial charge in [-0.1, -0.05) is 146 Å². The second kappa shape index (κ2) is 42.5. The summed E-state index contributed by atoms with van der Waals surface area (Å²) in [5.41, 5.74) is 10.1. The number of carbonyl (C=O) groups excluding carboxylic acids is 7. The zero-order valence-corrected chi connectivity index (χ0v) is 51.5. The molecule has 0 unspecified atom stereocenters. The molecule has 4 N–H and O–H groups in total. The van der Waals surface area contributed by atoms with Crippen molar-refractivity contribution in [2.24, 2.45) is 17.6 Å². The summed E-state index contributed by atoms with van der Waals surface area (Å²) in [6, 6.07) is 49.6. The van der Waals surface area contributed by atoms with Gasteiger partial charge in [0.1, 0.15) is 43.7 Å². The summed E-state index contributed by atoms with van der Waals surface area (Å²) >= 11 is 0. The van der Waals surface area contributed by atoms with Gasteiger partial charge in [0.15, 0.2) is 11.6 Å². The fraction of sp³-hybridized carbons (Fsp3) is 0.394. The average Bonchev–Trinajstić information content (AvgIpc) is 3.59. The summed E-state index contributed by atoms with van der Waals surface area (Å²) in [4.78, 5) is 97.4. The van der Waals surface area contributed by atoms with Gasteiger partial charge in [0, 0.05) is 71.3 Å². The zero-order chi connectivity index (χ0) is 63.7. The van der Waals surface area contributed by atoms with Gasteiger partial charge in [-0.3, -0.25) is 28.8 Å². The molecule has 89 heavy (non-hydrogen) atoms. The van der Waals surface area contributed by atoms with E-state index in [1.807, 2.05) is 133 Å². The number of nitrogens with one attached hydrogen (secondary N) is 2. The number of amides is 2. The van der Waals surface area contributed by atoms with Crippen molar-refractivity contribution in [2.45, 2.75) is 110 Å². The van der Waals surface area contributed by atoms with Gasteiger partial charge < -0.3 is 59.1 Å². The molecule has 4 atom stereocenters. The molecule has 0 aliphatic heterocycles. The summed E-state index contributed by atoms with van der Waals surface area (Å²) < 4.78 is 43.4. The topological polar surface area (TPSA) is 243 Å². The molecule has 0 fully saturated rings. The smallest absolute Gasteiger partial charge is 0.306 e. The van der Waals surface area contributed by atoms with Crippen LogP contribution in [0.2, 0.25) is 0 Å². The Morgan fingerprint density at radius 2 is 0.843 bits per heavy atom. The van der Waals surface area contributed by atoms with E-state index in [4.69, 9.17) is 43.6 Å². The van der Waals surface area contributed by atoms with E-state index in [2.05, 4.69) is 10.6 Å². The van der Waals surface area contributed by atoms with Gasteiger partial charge in [-0.05, 0) is 96.7 Å². The lowest BCUT2D eigenvalue weighted by atomic mass is 9.89. The highest BCUT2D eigenvalue weighted by atomic mass is 16.5. The molecule has 0 saturated heterocycles. The van der Waals surface area contributed by atoms with Gasteiger partial charge in [-0.15, -0.1) is 0 Å². The number of benzene rings is 6. The predicted octanol–water partition coefficient (Wildman–Crippen LogP) is 9.44. The molecule has 0 radical (unpaired) electrons. The van der Waals surface area contributed by atoms with Crippen LogP contribution in [0.4, 0.5) is 0 Å². The molecule has 2 amide bonds. The molecule has 0 aliphatic carbocycles. The number of ketones is 3. The van der Waals surface area contributed by atoms with Crippen LogP contribution < -0.4 is 25.8 Å². The number of rotatable bonds is 42. The molecular weight excluding hydrogens is 1130 g/mol. The average molecular weight is 1220 g/mol. The number of esters is 2. The van der Waals surface area contributed by atoms with Gasteiger partial charge in [-0.2, -0.15) is 0 Å². The summed E-state index contributed by atoms with van der Waals surface area (Å²) in [7, 11) is 3.20. The Balaban J connectivity index is 0.00000168. The minimum absolute atomic E-state index is 0.00407. The van der Waals surface area contributed by atoms with Gasteiger partial charge in [-0.25, -0.2) is 0 Å². The number of methoxy groups -OCH3 is 2. The van der Waals surface area contributed by atoms with E-state index in [9.17, 15) is 33.6 Å². The van der Waals surface area contributed by atoms with Crippen molar-refractivity contribution in [2.75, 3.05) is 60.4 Å². The van der Waals surface area contributed by atoms with E-state index in [0.717, 1.165) is 27.8 Å². The summed E-state index contributed by atoms with van der Waals surface area (Å²) in [5, 5.41) is 5.79. The first-order chi connectivity index (χ1) is 43.3. The van der Waals surface area contributed by atoms with Crippen LogP contribution in [0.1, 0.15) is 91.7 Å². The second-order valence-corrected chi connectivity index (χ2v) is 21.3. The first-order valence-electron chi connectivity index (χ1n) is 30.2. The largest absolute Gasteiger partial charge is 0.489 e. The molecule has 0 bridgehead atoms. The number of hydrogen-bond acceptors (Lipinski definition) is 16. The van der Waals surface area contributed by atoms with E-state index >= 15 is 0 Å². The molecule has 0 aromatic heterocycles. The highest BCUT2D eigenvalue weighted by Crippen LogP contribution is 2.23. The van der Waals surface area contributed by atoms with Crippen LogP contribution in [0.3, 0.4) is 0 Å². The molecule has 0 spiro atoms. The fourth-order valence-electron chi connectivity index (χ4n) is 9.17. The predicted molar refractivity (Wildman–Crippen MR) is 337 cm³/mol. The van der Waals surface area contributed by atoms with Crippen LogP contribution >= 0.6 is 0 Å². The van der Waals surface area contributed by atoms with Gasteiger partial charge in [0.05, 0.1) is 45.1 Å². The van der Waals surface area contributed by atoms with E-state index in [-0.39, 0.29) is 82.8 Å². The number of ether oxygens (including phenoxy) is 8. The van der Waals surface area contributed by atoms with Gasteiger partial charge in [0.2, 0.25) is 11.8 Å². The third-order valence-electron chi connectivity index (χ3n) is 14.1. The maximum atomic E-state index is 15.0. The van der Waals surface area contributed by atoms with E-state index < -0.39 is 59.9 Å². The van der Waals surface area contributed by atoms with Crippen molar-refractivity contribution in [3.8, 4) is 11.5 Å². The van der Waals surface area contributed by atoms with Crippen LogP contribution in [-0.4, -0.2) is 114 Å². The highest BCUT2D eigenvalue weighted by Gasteiger charge is 2.33. The van der Waals surface area contributed by atoms with Crippen molar-refractivity contribution < 1.29 is 71.5 Å². The molecule has 18 heteroatoms. The molecule has 476 valence electrons. The maximum absolute atomic E-state index is 15.0. The Labute approximate surface area is 523 Å². The molecule has 6 aromatic rings. The third-order valence-corrected chi connectivity index (χ3v) is 14.1. The van der Waals surface area contributed by atoms with E-state index in [0.29, 0.717) is 76.3 Å². The number of Topliss-reactive ketones (excluding diaryl/α,β-unsaturated/α-hetero) is 3. The minimum Gasteiger partial charge on any atom is -0.489 e. The number of hydrogen-bond donors (Lipinski definition) is 3. The normalized spacial score (nSPS) is 12.2. The van der Waals surface area contributed by atoms with Gasteiger partial charge in [0.25, 0.3) is 0 Å². The lowest BCUT2D eigenvalue weighted by Gasteiger charge is -2.25. The van der Waals surface area contributed by atoms with Crippen molar-refractivity contribution in [1.82, 2.24) is 10.6 Å². The SMILES string of the molecule is COCCOCCCC(=O)[C@@H](CCC(=O)OCc1ccccc1)NC(=O)[C@H](CCC(=O)OCc1ccccc1)CC(=O)[C@@H](Cc1ccc(OCc2ccccc2)cc1)NC(=O)[C@@H](CC(C)=O)Cc1ccc(OCc2ccccc2)cc1.COCCOCCN. The Kier molecular flexibility index (Phi) is 34.1. The van der Waals surface area contributed by atoms with E-state index in [1.165, 1.54) is 6.92 Å². The molecule has 0 saturated carbocycles. The van der Waals surface area contributed by atoms with Crippen LogP contribution in [0.15, 0.2) is 170 Å². The lowest BCUT2D eigenvalue weighted by molar-refractivity contribution is -0.147. The Morgan fingerprint density at radius 3 is 1.30 bits per heavy atom. The third kappa shape index (κ3) is 29.9. The van der Waals surface area contributed by atoms with Crippen molar-refractivity contribution in [3.05, 3.63) is 203 Å². The summed E-state index contributed by atoms with van der Waals surface area (Å²) in [6.45, 7) is 5.57. The lowest BCUT2D eigenvalue weighted by Crippen LogP contribution is -2.48. The van der Waals surface area contributed by atoms with Gasteiger partial charge >= 0.3 is 11.9 Å². The number of carbonyl (C=O) groups is 7. The summed E-state index contributed by atoms with van der Waals surface area (Å²) in [6.07, 6.45) is -0.821. The van der Waals surface area contributed by atoms with Crippen LogP contribution in [0.5, 0.6) is 11.5 Å². The molecule has 18 nitrogen and oxygen atoms in total. The molecule has 6 aromatic carbocycles. The molecular formula is C71H87N3O15. The standard InChI is InChI=1S/C66H74N2O13.C5H13NO2/c1-48(69)40-56(41-49-25-30-57(31-26-49)78-44-51-16-7-3-8-17-51)66(75)68-60(42-50-27-32-58(33-28-50)79-45-52-18-9-4-10-19-52)62(71)43-55(29-35-63(72)80-46-53-20-11-5-12-21-53)65(74)67-59(61(70)24-15-37-77-39-38-76-2)34-36-64(73)81-47-54-22-13-6-14-23-54;1-7-4-5-8-3-2-6/h3-14,16-23,25-28,30-33,55-56,59-60H,15,24,29,34-47H2,1-2H3,(H,67,74)(H,68,75);2-6H2,1H3/t55-,56+,59-,60-;/m1./s1.